The number of nitrogen functional groups attached to an aromatic ring is 1. The van der Waals surface area contributed by atoms with Gasteiger partial charge in [0.1, 0.15) is 5.82 Å². The van der Waals surface area contributed by atoms with E-state index in [-0.39, 0.29) is 0 Å². The zero-order valence-corrected chi connectivity index (χ0v) is 10.3. The van der Waals surface area contributed by atoms with Crippen LogP contribution in [0, 0.1) is 0 Å². The molecule has 0 spiro atoms. The molecule has 2 aromatic rings. The van der Waals surface area contributed by atoms with Crippen LogP contribution >= 0.6 is 0 Å². The number of nitrogens with two attached hydrogens (primary N) is 1. The molecule has 2 rings (SSSR count). The summed E-state index contributed by atoms with van der Waals surface area (Å²) in [7, 11) is 1.68. The van der Waals surface area contributed by atoms with Crippen molar-refractivity contribution >= 4 is 23.4 Å². The summed E-state index contributed by atoms with van der Waals surface area (Å²) in [5.74, 6) is -0.0118. The Hall–Kier alpha value is -2.83. The largest absolute Gasteiger partial charge is 0.399 e. The Bertz CT molecular complexity index is 603. The lowest BCUT2D eigenvalue weighted by atomic mass is 10.2. The fourth-order valence-corrected chi connectivity index (χ4v) is 1.45. The number of amides is 3. The number of carbonyl (C=O) groups excluding carboxylic acids is 2. The van der Waals surface area contributed by atoms with Gasteiger partial charge in [-0.15, -0.1) is 0 Å². The van der Waals surface area contributed by atoms with Gasteiger partial charge in [0, 0.05) is 24.4 Å². The fraction of sp³-hybridized carbons (Fsp3) is 0.0833. The van der Waals surface area contributed by atoms with Gasteiger partial charge in [0.05, 0.1) is 6.20 Å². The summed E-state index contributed by atoms with van der Waals surface area (Å²) < 4.78 is 1.48. The number of benzene rings is 1. The Morgan fingerprint density at radius 1 is 1.21 bits per heavy atom. The molecule has 0 saturated carbocycles. The second-order valence-corrected chi connectivity index (χ2v) is 3.87. The van der Waals surface area contributed by atoms with Crippen LogP contribution in [0.25, 0.3) is 0 Å². The predicted molar refractivity (Wildman–Crippen MR) is 70.5 cm³/mol. The van der Waals surface area contributed by atoms with Crippen molar-refractivity contribution in [3.05, 3.63) is 42.1 Å². The summed E-state index contributed by atoms with van der Waals surface area (Å²) in [4.78, 5) is 23.3. The summed E-state index contributed by atoms with van der Waals surface area (Å²) >= 11 is 0. The first-order valence-electron chi connectivity index (χ1n) is 5.52. The summed E-state index contributed by atoms with van der Waals surface area (Å²) in [6.45, 7) is 0. The molecule has 1 aromatic carbocycles. The van der Waals surface area contributed by atoms with Crippen LogP contribution in [0.5, 0.6) is 0 Å². The molecule has 4 N–H and O–H groups in total. The third-order valence-corrected chi connectivity index (χ3v) is 2.46. The number of anilines is 2. The maximum Gasteiger partial charge on any atom is 0.327 e. The lowest BCUT2D eigenvalue weighted by Gasteiger charge is -2.06. The van der Waals surface area contributed by atoms with E-state index in [4.69, 9.17) is 5.73 Å². The van der Waals surface area contributed by atoms with E-state index in [0.29, 0.717) is 17.1 Å². The summed E-state index contributed by atoms with van der Waals surface area (Å²) in [5, 5.41) is 8.61. The van der Waals surface area contributed by atoms with E-state index in [2.05, 4.69) is 15.7 Å². The lowest BCUT2D eigenvalue weighted by Crippen LogP contribution is -2.34. The average molecular weight is 259 g/mol. The highest BCUT2D eigenvalue weighted by molar-refractivity contribution is 6.07. The van der Waals surface area contributed by atoms with Crippen molar-refractivity contribution in [3.63, 3.8) is 0 Å². The van der Waals surface area contributed by atoms with Gasteiger partial charge in [-0.1, -0.05) is 0 Å². The molecule has 3 amide bonds. The van der Waals surface area contributed by atoms with Crippen LogP contribution in [-0.2, 0) is 7.05 Å². The van der Waals surface area contributed by atoms with Crippen LogP contribution < -0.4 is 16.4 Å². The van der Waals surface area contributed by atoms with E-state index in [0.717, 1.165) is 0 Å². The number of aromatic nitrogens is 2. The first-order valence-corrected chi connectivity index (χ1v) is 5.52. The minimum Gasteiger partial charge on any atom is -0.399 e. The predicted octanol–water partition coefficient (Wildman–Crippen LogP) is 0.964. The monoisotopic (exact) mass is 259 g/mol. The summed E-state index contributed by atoms with van der Waals surface area (Å²) in [5.41, 5.74) is 6.42. The normalized spacial score (nSPS) is 9.95. The van der Waals surface area contributed by atoms with Crippen molar-refractivity contribution in [3.8, 4) is 0 Å². The van der Waals surface area contributed by atoms with Crippen LogP contribution in [-0.4, -0.2) is 21.7 Å². The third-order valence-electron chi connectivity index (χ3n) is 2.46. The highest BCUT2D eigenvalue weighted by Crippen LogP contribution is 2.06. The number of nitrogens with zero attached hydrogens (tertiary/aromatic N) is 2. The van der Waals surface area contributed by atoms with E-state index in [1.807, 2.05) is 0 Å². The molecule has 19 heavy (non-hydrogen) atoms. The molecule has 0 unspecified atom stereocenters. The van der Waals surface area contributed by atoms with Gasteiger partial charge >= 0.3 is 6.03 Å². The molecule has 0 saturated heterocycles. The van der Waals surface area contributed by atoms with Crippen molar-refractivity contribution in [1.29, 1.82) is 0 Å². The van der Waals surface area contributed by atoms with E-state index in [1.165, 1.54) is 10.9 Å². The quantitative estimate of drug-likeness (QED) is 0.699. The SMILES string of the molecule is Cn1nccc1NC(=O)NC(=O)c1ccc(N)cc1. The van der Waals surface area contributed by atoms with Crippen molar-refractivity contribution in [2.45, 2.75) is 0 Å². The van der Waals surface area contributed by atoms with Gasteiger partial charge in [-0.2, -0.15) is 5.10 Å². The maximum absolute atomic E-state index is 11.7. The fourth-order valence-electron chi connectivity index (χ4n) is 1.45. The molecule has 1 aromatic heterocycles. The van der Waals surface area contributed by atoms with Gasteiger partial charge in [-0.05, 0) is 24.3 Å². The molecule has 98 valence electrons. The number of carbonyl (C=O) groups is 2. The minimum absolute atomic E-state index is 0.356. The van der Waals surface area contributed by atoms with E-state index < -0.39 is 11.9 Å². The van der Waals surface area contributed by atoms with Crippen molar-refractivity contribution in [1.82, 2.24) is 15.1 Å². The zero-order valence-electron chi connectivity index (χ0n) is 10.3. The molecule has 0 aliphatic carbocycles. The Morgan fingerprint density at radius 2 is 1.89 bits per heavy atom. The molecule has 7 heteroatoms. The van der Waals surface area contributed by atoms with Crippen molar-refractivity contribution in [2.24, 2.45) is 7.05 Å². The minimum atomic E-state index is -0.620. The first kappa shape index (κ1) is 12.6. The molecule has 0 aliphatic heterocycles. The van der Waals surface area contributed by atoms with Gasteiger partial charge < -0.3 is 5.73 Å². The summed E-state index contributed by atoms with van der Waals surface area (Å²) in [6.07, 6.45) is 1.54. The Morgan fingerprint density at radius 3 is 2.47 bits per heavy atom. The molecular formula is C12H13N5O2. The highest BCUT2D eigenvalue weighted by Gasteiger charge is 2.11. The topological polar surface area (TPSA) is 102 Å². The molecule has 0 aliphatic rings. The number of urea groups is 1. The van der Waals surface area contributed by atoms with Crippen molar-refractivity contribution < 1.29 is 9.59 Å². The maximum atomic E-state index is 11.7. The van der Waals surface area contributed by atoms with Gasteiger partial charge in [0.15, 0.2) is 0 Å². The number of rotatable bonds is 2. The second-order valence-electron chi connectivity index (χ2n) is 3.87. The van der Waals surface area contributed by atoms with E-state index >= 15 is 0 Å². The molecule has 0 radical (unpaired) electrons. The highest BCUT2D eigenvalue weighted by atomic mass is 16.2. The second kappa shape index (κ2) is 5.21. The molecular weight excluding hydrogens is 246 g/mol. The van der Waals surface area contributed by atoms with Crippen LogP contribution in [0.1, 0.15) is 10.4 Å². The Kier molecular flexibility index (Phi) is 3.46. The molecule has 0 bridgehead atoms. The Labute approximate surface area is 109 Å². The van der Waals surface area contributed by atoms with Gasteiger partial charge in [-0.25, -0.2) is 4.79 Å². The number of aryl methyl sites for hydroxylation is 1. The van der Waals surface area contributed by atoms with Crippen molar-refractivity contribution in [2.75, 3.05) is 11.1 Å². The molecule has 0 fully saturated rings. The molecule has 0 atom stereocenters. The van der Waals surface area contributed by atoms with Gasteiger partial charge in [0.2, 0.25) is 0 Å². The van der Waals surface area contributed by atoms with Crippen LogP contribution in [0.4, 0.5) is 16.3 Å². The Balaban J connectivity index is 1.97. The van der Waals surface area contributed by atoms with E-state index in [1.54, 1.807) is 37.4 Å². The average Bonchev–Trinajstić information content (AvgIpc) is 2.75. The zero-order chi connectivity index (χ0) is 13.8. The number of hydrogen-bond donors (Lipinski definition) is 3. The third kappa shape index (κ3) is 3.09. The summed E-state index contributed by atoms with van der Waals surface area (Å²) in [6, 6.07) is 7.27. The number of imide groups is 1. The van der Waals surface area contributed by atoms with Crippen LogP contribution in [0.2, 0.25) is 0 Å². The lowest BCUT2D eigenvalue weighted by molar-refractivity contribution is 0.0967. The standard InChI is InChI=1S/C12H13N5O2/c1-17-10(6-7-14-17)15-12(19)16-11(18)8-2-4-9(13)5-3-8/h2-7H,13H2,1H3,(H2,15,16,18,19). The number of nitrogens with one attached hydrogen (secondary N) is 2. The molecule has 1 heterocycles. The van der Waals surface area contributed by atoms with Crippen LogP contribution in [0.3, 0.4) is 0 Å². The van der Waals surface area contributed by atoms with Gasteiger partial charge in [-0.3, -0.25) is 20.1 Å². The van der Waals surface area contributed by atoms with E-state index in [9.17, 15) is 9.59 Å². The van der Waals surface area contributed by atoms with Gasteiger partial charge in [0.25, 0.3) is 5.91 Å². The number of hydrogen-bond acceptors (Lipinski definition) is 4. The smallest absolute Gasteiger partial charge is 0.327 e. The molecule has 7 nitrogen and oxygen atoms in total. The van der Waals surface area contributed by atoms with Crippen LogP contribution in [0.15, 0.2) is 36.5 Å². The first-order chi connectivity index (χ1) is 9.06.